The van der Waals surface area contributed by atoms with Crippen molar-refractivity contribution in [2.75, 3.05) is 5.32 Å². The molecule has 0 spiro atoms. The van der Waals surface area contributed by atoms with E-state index in [0.29, 0.717) is 5.69 Å². The third kappa shape index (κ3) is 7.08. The molecule has 0 fully saturated rings. The number of rotatable bonds is 8. The highest BCUT2D eigenvalue weighted by atomic mass is 16.4. The lowest BCUT2D eigenvalue weighted by atomic mass is 9.90. The lowest BCUT2D eigenvalue weighted by molar-refractivity contribution is -0.137. The van der Waals surface area contributed by atoms with Gasteiger partial charge >= 0.3 is 12.0 Å². The fraction of sp³-hybridized carbons (Fsp3) is 0.400. The smallest absolute Gasteiger partial charge is 0.319 e. The minimum atomic E-state index is -1.36. The molecular weight excluding hydrogens is 408 g/mol. The average Bonchev–Trinajstić information content (AvgIpc) is 2.69. The number of carboxylic acids is 1. The van der Waals surface area contributed by atoms with Gasteiger partial charge in [0.25, 0.3) is 0 Å². The summed E-state index contributed by atoms with van der Waals surface area (Å²) in [6, 6.07) is 4.03. The van der Waals surface area contributed by atoms with Gasteiger partial charge in [0.15, 0.2) is 0 Å². The first kappa shape index (κ1) is 23.8. The van der Waals surface area contributed by atoms with Gasteiger partial charge in [-0.15, -0.1) is 0 Å². The highest BCUT2D eigenvalue weighted by Crippen LogP contribution is 2.20. The molecule has 0 radical (unpaired) electrons. The van der Waals surface area contributed by atoms with Gasteiger partial charge in [-0.1, -0.05) is 23.8 Å². The number of hydrogen-bond acceptors (Lipinski definition) is 6. The molecule has 0 aromatic heterocycles. The molecule has 31 heavy (non-hydrogen) atoms. The van der Waals surface area contributed by atoms with Crippen LogP contribution in [0, 0.1) is 6.92 Å². The second kappa shape index (κ2) is 10.5. The number of primary amides is 1. The number of benzene rings is 1. The number of aliphatic hydroxyl groups is 2. The van der Waals surface area contributed by atoms with Crippen molar-refractivity contribution in [2.45, 2.75) is 50.5 Å². The fourth-order valence-corrected chi connectivity index (χ4v) is 3.02. The zero-order chi connectivity index (χ0) is 23.1. The van der Waals surface area contributed by atoms with Crippen molar-refractivity contribution in [3.05, 3.63) is 41.5 Å². The summed E-state index contributed by atoms with van der Waals surface area (Å²) < 4.78 is 0. The molecule has 1 aromatic carbocycles. The molecular formula is C20H26N4O7. The van der Waals surface area contributed by atoms with Crippen LogP contribution in [0.1, 0.15) is 24.8 Å². The van der Waals surface area contributed by atoms with Gasteiger partial charge in [0.1, 0.15) is 12.1 Å². The Morgan fingerprint density at radius 1 is 1.16 bits per heavy atom. The van der Waals surface area contributed by atoms with Gasteiger partial charge in [0.2, 0.25) is 11.8 Å². The first-order valence-corrected chi connectivity index (χ1v) is 9.59. The number of anilines is 1. The van der Waals surface area contributed by atoms with Crippen LogP contribution in [0.25, 0.3) is 0 Å². The van der Waals surface area contributed by atoms with Crippen LogP contribution < -0.4 is 21.7 Å². The first-order valence-electron chi connectivity index (χ1n) is 9.59. The van der Waals surface area contributed by atoms with Crippen molar-refractivity contribution >= 4 is 29.5 Å². The number of hydrogen-bond donors (Lipinski definition) is 7. The molecule has 0 saturated heterocycles. The lowest BCUT2D eigenvalue weighted by Crippen LogP contribution is -2.53. The number of nitrogens with one attached hydrogen (secondary N) is 3. The van der Waals surface area contributed by atoms with Crippen LogP contribution in [0.2, 0.25) is 0 Å². The van der Waals surface area contributed by atoms with Gasteiger partial charge in [-0.3, -0.25) is 14.4 Å². The number of aliphatic carboxylic acids is 1. The lowest BCUT2D eigenvalue weighted by Gasteiger charge is -2.31. The van der Waals surface area contributed by atoms with E-state index >= 15 is 0 Å². The van der Waals surface area contributed by atoms with Crippen molar-refractivity contribution in [3.8, 4) is 0 Å². The molecule has 1 aliphatic rings. The molecule has 4 unspecified atom stereocenters. The second-order valence-corrected chi connectivity index (χ2v) is 7.31. The molecule has 0 saturated carbocycles. The predicted octanol–water partition coefficient (Wildman–Crippen LogP) is -0.628. The van der Waals surface area contributed by atoms with E-state index in [-0.39, 0.29) is 24.8 Å². The van der Waals surface area contributed by atoms with E-state index in [1.165, 1.54) is 6.08 Å². The van der Waals surface area contributed by atoms with Crippen molar-refractivity contribution < 1.29 is 34.5 Å². The highest BCUT2D eigenvalue weighted by molar-refractivity contribution is 5.97. The van der Waals surface area contributed by atoms with Crippen LogP contribution in [0.4, 0.5) is 10.5 Å². The van der Waals surface area contributed by atoms with E-state index in [2.05, 4.69) is 16.0 Å². The third-order valence-corrected chi connectivity index (χ3v) is 4.77. The Labute approximate surface area is 178 Å². The Balaban J connectivity index is 2.07. The number of amides is 4. The van der Waals surface area contributed by atoms with Gasteiger partial charge in [-0.2, -0.15) is 0 Å². The molecule has 4 atom stereocenters. The maximum atomic E-state index is 12.5. The van der Waals surface area contributed by atoms with Crippen LogP contribution in [0.5, 0.6) is 0 Å². The average molecular weight is 434 g/mol. The Kier molecular flexibility index (Phi) is 8.11. The quantitative estimate of drug-likeness (QED) is 0.283. The van der Waals surface area contributed by atoms with Gasteiger partial charge in [-0.25, -0.2) is 4.79 Å². The number of urea groups is 1. The van der Waals surface area contributed by atoms with E-state index in [4.69, 9.17) is 10.8 Å². The summed E-state index contributed by atoms with van der Waals surface area (Å²) in [6.45, 7) is 1.89. The Morgan fingerprint density at radius 3 is 2.39 bits per heavy atom. The van der Waals surface area contributed by atoms with Crippen molar-refractivity contribution in [3.63, 3.8) is 0 Å². The Bertz CT molecular complexity index is 869. The zero-order valence-corrected chi connectivity index (χ0v) is 16.9. The van der Waals surface area contributed by atoms with Crippen molar-refractivity contribution in [1.29, 1.82) is 0 Å². The van der Waals surface area contributed by atoms with E-state index in [1.54, 1.807) is 24.3 Å². The molecule has 0 heterocycles. The summed E-state index contributed by atoms with van der Waals surface area (Å²) >= 11 is 0. The number of aliphatic hydroxyl groups excluding tert-OH is 2. The van der Waals surface area contributed by atoms with Crippen LogP contribution in [0.15, 0.2) is 35.9 Å². The minimum absolute atomic E-state index is 0.0139. The Hall–Kier alpha value is -3.44. The normalized spacial score (nSPS) is 21.4. The summed E-state index contributed by atoms with van der Waals surface area (Å²) in [4.78, 5) is 47.0. The molecule has 1 aliphatic carbocycles. The van der Waals surface area contributed by atoms with E-state index in [1.807, 2.05) is 6.92 Å². The van der Waals surface area contributed by atoms with Crippen molar-refractivity contribution in [1.82, 2.24) is 10.6 Å². The molecule has 8 N–H and O–H groups in total. The molecule has 2 rings (SSSR count). The largest absolute Gasteiger partial charge is 0.481 e. The summed E-state index contributed by atoms with van der Waals surface area (Å²) in [6.07, 6.45) is -2.24. The van der Waals surface area contributed by atoms with Crippen molar-refractivity contribution in [2.24, 2.45) is 5.73 Å². The molecule has 168 valence electrons. The van der Waals surface area contributed by atoms with E-state index < -0.39 is 48.1 Å². The summed E-state index contributed by atoms with van der Waals surface area (Å²) in [7, 11) is 0. The van der Waals surface area contributed by atoms with Gasteiger partial charge in [-0.05, 0) is 25.5 Å². The number of carbonyl (C=O) groups is 4. The molecule has 0 aliphatic heterocycles. The number of carboxylic acid groups (broad SMARTS) is 1. The zero-order valence-electron chi connectivity index (χ0n) is 16.9. The molecule has 11 heteroatoms. The van der Waals surface area contributed by atoms with Crippen LogP contribution in [-0.4, -0.2) is 63.4 Å². The fourth-order valence-electron chi connectivity index (χ4n) is 3.02. The number of nitrogens with two attached hydrogens (primary N) is 1. The Morgan fingerprint density at radius 2 is 1.81 bits per heavy atom. The summed E-state index contributed by atoms with van der Waals surface area (Å²) in [5.74, 6) is -2.82. The van der Waals surface area contributed by atoms with Crippen LogP contribution in [0.3, 0.4) is 0 Å². The molecule has 11 nitrogen and oxygen atoms in total. The molecule has 0 bridgehead atoms. The maximum Gasteiger partial charge on any atom is 0.319 e. The predicted molar refractivity (Wildman–Crippen MR) is 110 cm³/mol. The van der Waals surface area contributed by atoms with Gasteiger partial charge in [0, 0.05) is 24.1 Å². The third-order valence-electron chi connectivity index (χ3n) is 4.77. The minimum Gasteiger partial charge on any atom is -0.481 e. The number of aryl methyl sites for hydroxylation is 1. The second-order valence-electron chi connectivity index (χ2n) is 7.31. The van der Waals surface area contributed by atoms with Gasteiger partial charge < -0.3 is 37.0 Å². The monoisotopic (exact) mass is 434 g/mol. The van der Waals surface area contributed by atoms with E-state index in [0.717, 1.165) is 5.56 Å². The maximum absolute atomic E-state index is 12.5. The summed E-state index contributed by atoms with van der Waals surface area (Å²) in [5.41, 5.74) is 6.74. The standard InChI is InChI=1S/C20H26N4O7/c1-10-2-4-12(5-3-10)22-20(31)24-14-8-11(9-15(25)17(14)28)19(30)23-13(18(21)29)6-7-16(26)27/h2-5,8,13-15,17,25,28H,6-7,9H2,1H3,(H2,21,29)(H,23,30)(H,26,27)(H2,22,24,31). The molecule has 4 amide bonds. The SMILES string of the molecule is Cc1ccc(NC(=O)NC2C=C(C(=O)NC(CCC(=O)O)C(N)=O)CC(O)C2O)cc1. The topological polar surface area (TPSA) is 191 Å². The van der Waals surface area contributed by atoms with Crippen LogP contribution in [-0.2, 0) is 14.4 Å². The van der Waals surface area contributed by atoms with Crippen LogP contribution >= 0.6 is 0 Å². The van der Waals surface area contributed by atoms with Gasteiger partial charge in [0.05, 0.1) is 12.1 Å². The van der Waals surface area contributed by atoms with E-state index in [9.17, 15) is 29.4 Å². The first-order chi connectivity index (χ1) is 14.6. The molecule has 1 aromatic rings. The number of carbonyl (C=O) groups excluding carboxylic acids is 3. The highest BCUT2D eigenvalue weighted by Gasteiger charge is 2.34. The summed E-state index contributed by atoms with van der Waals surface area (Å²) in [5, 5.41) is 36.4.